The summed E-state index contributed by atoms with van der Waals surface area (Å²) in [5, 5.41) is 58.9. The van der Waals surface area contributed by atoms with Crippen LogP contribution < -0.4 is 48.3 Å². The number of carbonyl (C=O) groups is 12. The van der Waals surface area contributed by atoms with Gasteiger partial charge in [0.25, 0.3) is 0 Å². The van der Waals surface area contributed by atoms with Gasteiger partial charge in [0.05, 0.1) is 25.3 Å². The number of carboxylic acid groups (broad SMARTS) is 3. The lowest BCUT2D eigenvalue weighted by Crippen LogP contribution is -2.61. The Hall–Kier alpha value is -7.82. The van der Waals surface area contributed by atoms with Gasteiger partial charge in [-0.15, -0.1) is 0 Å². The number of hydrogen-bond donors (Lipinski definition) is 14. The molecule has 1 aliphatic heterocycles. The van der Waals surface area contributed by atoms with Crippen LogP contribution in [0.5, 0.6) is 5.75 Å². The predicted molar refractivity (Wildman–Crippen MR) is 297 cm³/mol. The molecular weight excluding hydrogens is 1090 g/mol. The molecule has 1 aromatic carbocycles. The number of nitrogens with one attached hydrogen (secondary N) is 9. The fourth-order valence-electron chi connectivity index (χ4n) is 8.73. The van der Waals surface area contributed by atoms with Gasteiger partial charge in [0, 0.05) is 37.7 Å². The van der Waals surface area contributed by atoms with Gasteiger partial charge in [-0.2, -0.15) is 11.8 Å². The minimum absolute atomic E-state index is 0.0379. The Kier molecular flexibility index (Phi) is 28.2. The fourth-order valence-corrected chi connectivity index (χ4v) is 9.22. The van der Waals surface area contributed by atoms with Crippen LogP contribution in [0.2, 0.25) is 0 Å². The van der Waals surface area contributed by atoms with Crippen molar-refractivity contribution in [2.24, 2.45) is 23.5 Å². The highest BCUT2D eigenvalue weighted by atomic mass is 32.2. The molecule has 1 aromatic heterocycles. The van der Waals surface area contributed by atoms with Gasteiger partial charge in [-0.1, -0.05) is 60.1 Å². The molecule has 10 unspecified atom stereocenters. The number of amides is 9. The Morgan fingerprint density at radius 3 is 1.91 bits per heavy atom. The number of aromatic nitrogens is 2. The molecule has 28 nitrogen and oxygen atoms in total. The van der Waals surface area contributed by atoms with Gasteiger partial charge in [-0.25, -0.2) is 9.78 Å². The summed E-state index contributed by atoms with van der Waals surface area (Å²) in [6.07, 6.45) is 3.36. The lowest BCUT2D eigenvalue weighted by Gasteiger charge is -2.31. The van der Waals surface area contributed by atoms with Crippen LogP contribution in [0.25, 0.3) is 0 Å². The van der Waals surface area contributed by atoms with Crippen LogP contribution >= 0.6 is 11.8 Å². The standard InChI is InChI=1S/C53H80N12O16S/c1-8-29(6)44(50(77)56-25-40(67)58-36(22-31-24-55-26-57-31)48(75)60-35(20-27(2)3)47(74)62-38(53(80)81)21-30-11-13-32(66)14-12-30)64-49(76)39-10-9-18-65(39)52(79)37(23-42(70)71)61-51(78)43(28(4)5)63-46(73)34(15-16-41(68)69)59-45(72)33(54)17-19-82-7/h11-14,24,26-29,33-39,43-44,66H,8-10,15-23,25,54H2,1-7H3,(H,55,57)(H,56,77)(H,58,67)(H,59,72)(H,60,75)(H,61,78)(H,62,74)(H,63,73)(H,64,76)(H,68,69)(H,70,71)(H,80,81). The van der Waals surface area contributed by atoms with Crippen LogP contribution in [0, 0.1) is 17.8 Å². The summed E-state index contributed by atoms with van der Waals surface area (Å²) in [7, 11) is 0. The number of H-pyrrole nitrogens is 1. The number of phenolic OH excluding ortho intramolecular Hbond substituents is 1. The highest BCUT2D eigenvalue weighted by molar-refractivity contribution is 7.98. The van der Waals surface area contributed by atoms with E-state index in [-0.39, 0.29) is 63.2 Å². The van der Waals surface area contributed by atoms with Crippen LogP contribution in [0.4, 0.5) is 0 Å². The molecule has 1 fully saturated rings. The molecule has 2 aromatic rings. The quantitative estimate of drug-likeness (QED) is 0.0380. The monoisotopic (exact) mass is 1170 g/mol. The van der Waals surface area contributed by atoms with Gasteiger partial charge >= 0.3 is 17.9 Å². The third kappa shape index (κ3) is 22.6. The molecule has 10 atom stereocenters. The van der Waals surface area contributed by atoms with Crippen molar-refractivity contribution >= 4 is 82.8 Å². The Morgan fingerprint density at radius 1 is 0.720 bits per heavy atom. The number of carbonyl (C=O) groups excluding carboxylic acids is 9. The van der Waals surface area contributed by atoms with E-state index in [0.29, 0.717) is 23.4 Å². The minimum Gasteiger partial charge on any atom is -0.508 e. The second-order valence-electron chi connectivity index (χ2n) is 20.9. The molecule has 82 heavy (non-hydrogen) atoms. The molecule has 454 valence electrons. The van der Waals surface area contributed by atoms with Crippen LogP contribution in [0.1, 0.15) is 104 Å². The largest absolute Gasteiger partial charge is 0.508 e. The maximum atomic E-state index is 14.2. The first-order valence-electron chi connectivity index (χ1n) is 27.0. The normalized spacial score (nSPS) is 16.4. The van der Waals surface area contributed by atoms with Crippen molar-refractivity contribution in [3.05, 3.63) is 48.0 Å². The molecule has 15 N–H and O–H groups in total. The van der Waals surface area contributed by atoms with Crippen molar-refractivity contribution in [3.63, 3.8) is 0 Å². The Morgan fingerprint density at radius 2 is 1.34 bits per heavy atom. The summed E-state index contributed by atoms with van der Waals surface area (Å²) < 4.78 is 0. The number of nitrogens with zero attached hydrogens (tertiary/aromatic N) is 2. The Balaban J connectivity index is 1.76. The van der Waals surface area contributed by atoms with Gasteiger partial charge in [0.15, 0.2) is 0 Å². The fraction of sp³-hybridized carbons (Fsp3) is 0.604. The number of aromatic amines is 1. The molecule has 3 rings (SSSR count). The maximum Gasteiger partial charge on any atom is 0.326 e. The topological polar surface area (TPSA) is 440 Å². The van der Waals surface area contributed by atoms with Gasteiger partial charge in [-0.3, -0.25) is 52.7 Å². The van der Waals surface area contributed by atoms with Crippen LogP contribution in [-0.2, 0) is 70.4 Å². The SMILES string of the molecule is CCC(C)C(NC(=O)C1CCCN1C(=O)C(CC(=O)O)NC(=O)C(NC(=O)C(CCC(=O)O)NC(=O)C(N)CCSC)C(C)C)C(=O)NCC(=O)NC(Cc1cnc[nH]1)C(=O)NC(CC(C)C)C(=O)NC(Cc1ccc(O)cc1)C(=O)O. The van der Waals surface area contributed by atoms with Crippen molar-refractivity contribution < 1.29 is 78.0 Å². The highest BCUT2D eigenvalue weighted by Gasteiger charge is 2.42. The van der Waals surface area contributed by atoms with Crippen LogP contribution in [0.3, 0.4) is 0 Å². The van der Waals surface area contributed by atoms with Gasteiger partial charge in [0.1, 0.15) is 54.1 Å². The van der Waals surface area contributed by atoms with Crippen molar-refractivity contribution in [1.82, 2.24) is 57.4 Å². The molecule has 0 aliphatic carbocycles. The molecule has 0 saturated carbocycles. The number of likely N-dealkylation sites (tertiary alicyclic amines) is 1. The van der Waals surface area contributed by atoms with E-state index in [2.05, 4.69) is 52.5 Å². The van der Waals surface area contributed by atoms with E-state index in [4.69, 9.17) is 5.73 Å². The molecule has 1 saturated heterocycles. The summed E-state index contributed by atoms with van der Waals surface area (Å²) in [6, 6.07) is -6.55. The van der Waals surface area contributed by atoms with E-state index in [1.165, 1.54) is 62.4 Å². The van der Waals surface area contributed by atoms with Gasteiger partial charge < -0.3 is 78.6 Å². The van der Waals surface area contributed by atoms with E-state index in [1.807, 2.05) is 0 Å². The number of nitrogens with two attached hydrogens (primary N) is 1. The molecule has 29 heteroatoms. The number of aromatic hydroxyl groups is 1. The third-order valence-corrected chi connectivity index (χ3v) is 14.2. The molecule has 0 radical (unpaired) electrons. The highest BCUT2D eigenvalue weighted by Crippen LogP contribution is 2.21. The van der Waals surface area contributed by atoms with E-state index < -0.39 is 157 Å². The second-order valence-corrected chi connectivity index (χ2v) is 21.9. The summed E-state index contributed by atoms with van der Waals surface area (Å²) in [5.41, 5.74) is 6.87. The van der Waals surface area contributed by atoms with E-state index in [9.17, 15) is 78.0 Å². The van der Waals surface area contributed by atoms with Crippen molar-refractivity contribution in [2.75, 3.05) is 25.1 Å². The van der Waals surface area contributed by atoms with Gasteiger partial charge in [-0.05, 0) is 79.6 Å². The second kappa shape index (κ2) is 33.8. The number of carboxylic acids is 3. The average molecular weight is 1170 g/mol. The van der Waals surface area contributed by atoms with Gasteiger partial charge in [0.2, 0.25) is 53.2 Å². The molecule has 9 amide bonds. The number of aliphatic carboxylic acids is 3. The minimum atomic E-state index is -1.77. The number of imidazole rings is 1. The number of thioether (sulfide) groups is 1. The van der Waals surface area contributed by atoms with E-state index >= 15 is 0 Å². The van der Waals surface area contributed by atoms with Crippen LogP contribution in [0.15, 0.2) is 36.8 Å². The molecule has 1 aliphatic rings. The molecular formula is C53H80N12O16S. The Bertz CT molecular complexity index is 2530. The van der Waals surface area contributed by atoms with Crippen molar-refractivity contribution in [2.45, 2.75) is 160 Å². The predicted octanol–water partition coefficient (Wildman–Crippen LogP) is -1.35. The Labute approximate surface area is 479 Å². The summed E-state index contributed by atoms with van der Waals surface area (Å²) in [4.78, 5) is 167. The summed E-state index contributed by atoms with van der Waals surface area (Å²) in [6.45, 7) is 9.25. The summed E-state index contributed by atoms with van der Waals surface area (Å²) in [5.74, 6) is -12.9. The van der Waals surface area contributed by atoms with Crippen LogP contribution in [-0.4, -0.2) is 186 Å². The number of phenols is 1. The zero-order valence-electron chi connectivity index (χ0n) is 47.2. The average Bonchev–Trinajstić information content (AvgIpc) is 4.15. The number of rotatable bonds is 35. The van der Waals surface area contributed by atoms with Crippen molar-refractivity contribution in [3.8, 4) is 5.75 Å². The lowest BCUT2D eigenvalue weighted by atomic mass is 9.97. The molecule has 2 heterocycles. The first-order chi connectivity index (χ1) is 38.6. The third-order valence-electron chi connectivity index (χ3n) is 13.5. The first-order valence-corrected chi connectivity index (χ1v) is 28.4. The van der Waals surface area contributed by atoms with E-state index in [1.54, 1.807) is 34.0 Å². The number of hydrogen-bond acceptors (Lipinski definition) is 16. The van der Waals surface area contributed by atoms with Crippen molar-refractivity contribution in [1.29, 1.82) is 0 Å². The zero-order valence-corrected chi connectivity index (χ0v) is 48.0. The molecule has 0 spiro atoms. The smallest absolute Gasteiger partial charge is 0.326 e. The zero-order chi connectivity index (χ0) is 61.4. The molecule has 0 bridgehead atoms. The number of benzene rings is 1. The first kappa shape index (κ1) is 68.5. The maximum absolute atomic E-state index is 14.2. The lowest BCUT2D eigenvalue weighted by molar-refractivity contribution is -0.146. The van der Waals surface area contributed by atoms with E-state index in [0.717, 1.165) is 4.90 Å². The summed E-state index contributed by atoms with van der Waals surface area (Å²) >= 11 is 1.43.